The number of anilines is 1. The first-order valence-electron chi connectivity index (χ1n) is 7.41. The Labute approximate surface area is 147 Å². The lowest BCUT2D eigenvalue weighted by atomic mass is 10.2. The zero-order valence-corrected chi connectivity index (χ0v) is 14.7. The molecule has 7 heteroatoms. The van der Waals surface area contributed by atoms with Crippen molar-refractivity contribution in [1.82, 2.24) is 9.97 Å². The first kappa shape index (κ1) is 15.2. The number of aromatic nitrogens is 2. The van der Waals surface area contributed by atoms with E-state index in [1.54, 1.807) is 23.1 Å². The summed E-state index contributed by atoms with van der Waals surface area (Å²) in [5.74, 6) is 7.96. The van der Waals surface area contributed by atoms with Gasteiger partial charge in [0.2, 0.25) is 0 Å². The quantitative estimate of drug-likeness (QED) is 0.409. The molecule has 0 aliphatic heterocycles. The van der Waals surface area contributed by atoms with Crippen molar-refractivity contribution in [3.8, 4) is 0 Å². The summed E-state index contributed by atoms with van der Waals surface area (Å²) >= 11 is 9.39. The van der Waals surface area contributed by atoms with E-state index in [1.807, 2.05) is 24.3 Å². The predicted octanol–water partition coefficient (Wildman–Crippen LogP) is 4.41. The number of thioether (sulfide) groups is 1. The van der Waals surface area contributed by atoms with E-state index in [1.165, 1.54) is 16.9 Å². The number of hydrazine groups is 1. The number of thiophene rings is 1. The number of hydrogen-bond donors (Lipinski definition) is 2. The number of hydrogen-bond acceptors (Lipinski definition) is 6. The second-order valence-electron chi connectivity index (χ2n) is 5.41. The molecule has 0 fully saturated rings. The number of nitrogen functional groups attached to an aromatic ring is 1. The van der Waals surface area contributed by atoms with Crippen LogP contribution in [0.15, 0.2) is 29.2 Å². The average molecular weight is 363 g/mol. The Bertz CT molecular complexity index is 861. The van der Waals surface area contributed by atoms with Gasteiger partial charge in [-0.25, -0.2) is 15.8 Å². The van der Waals surface area contributed by atoms with Gasteiger partial charge in [0.05, 0.1) is 11.1 Å². The van der Waals surface area contributed by atoms with Crippen LogP contribution in [0.5, 0.6) is 0 Å². The first-order chi connectivity index (χ1) is 11.2. The molecule has 0 bridgehead atoms. The predicted molar refractivity (Wildman–Crippen MR) is 98.3 cm³/mol. The third-order valence-electron chi connectivity index (χ3n) is 3.93. The minimum absolute atomic E-state index is 0.703. The highest BCUT2D eigenvalue weighted by molar-refractivity contribution is 7.98. The fraction of sp³-hybridized carbons (Fsp3) is 0.250. The molecule has 0 radical (unpaired) electrons. The minimum Gasteiger partial charge on any atom is -0.308 e. The summed E-state index contributed by atoms with van der Waals surface area (Å²) < 4.78 is 0. The van der Waals surface area contributed by atoms with Crippen LogP contribution in [0.2, 0.25) is 5.02 Å². The number of nitrogens with two attached hydrogens (primary N) is 1. The van der Waals surface area contributed by atoms with Crippen molar-refractivity contribution in [3.05, 3.63) is 45.6 Å². The van der Waals surface area contributed by atoms with Gasteiger partial charge in [-0.05, 0) is 49.1 Å². The Kier molecular flexibility index (Phi) is 4.15. The second-order valence-corrected chi connectivity index (χ2v) is 7.98. The van der Waals surface area contributed by atoms with Crippen LogP contribution in [0.4, 0.5) is 5.82 Å². The van der Waals surface area contributed by atoms with Gasteiger partial charge in [0.1, 0.15) is 10.7 Å². The van der Waals surface area contributed by atoms with Crippen LogP contribution in [-0.2, 0) is 18.6 Å². The van der Waals surface area contributed by atoms with Crippen LogP contribution in [0, 0.1) is 0 Å². The minimum atomic E-state index is 0.703. The van der Waals surface area contributed by atoms with E-state index in [2.05, 4.69) is 10.4 Å². The number of halogens is 1. The van der Waals surface area contributed by atoms with Crippen LogP contribution in [-0.4, -0.2) is 9.97 Å². The van der Waals surface area contributed by atoms with Crippen LogP contribution in [0.3, 0.4) is 0 Å². The lowest BCUT2D eigenvalue weighted by Crippen LogP contribution is -2.11. The molecule has 0 saturated heterocycles. The highest BCUT2D eigenvalue weighted by Gasteiger charge is 2.22. The summed E-state index contributed by atoms with van der Waals surface area (Å²) in [7, 11) is 0. The summed E-state index contributed by atoms with van der Waals surface area (Å²) in [6.45, 7) is 0. The number of nitrogens with one attached hydrogen (secondary N) is 1. The van der Waals surface area contributed by atoms with Crippen LogP contribution >= 0.6 is 34.7 Å². The lowest BCUT2D eigenvalue weighted by Gasteiger charge is -2.07. The third-order valence-corrected chi connectivity index (χ3v) is 6.37. The normalized spacial score (nSPS) is 13.5. The maximum absolute atomic E-state index is 5.92. The SMILES string of the molecule is NNc1nc(CSc2ccc(Cl)cc2)nc2sc3c(c12)CCC3. The van der Waals surface area contributed by atoms with E-state index in [-0.39, 0.29) is 0 Å². The van der Waals surface area contributed by atoms with Gasteiger partial charge in [0, 0.05) is 14.8 Å². The molecule has 2 heterocycles. The Morgan fingerprint density at radius 3 is 2.83 bits per heavy atom. The van der Waals surface area contributed by atoms with Crippen LogP contribution < -0.4 is 11.3 Å². The average Bonchev–Trinajstić information content (AvgIpc) is 3.14. The Hall–Kier alpha value is -1.34. The molecule has 4 rings (SSSR count). The van der Waals surface area contributed by atoms with Crippen LogP contribution in [0.1, 0.15) is 22.7 Å². The molecule has 3 N–H and O–H groups in total. The van der Waals surface area contributed by atoms with Crippen molar-refractivity contribution in [1.29, 1.82) is 0 Å². The number of fused-ring (bicyclic) bond motifs is 3. The molecule has 0 atom stereocenters. The van der Waals surface area contributed by atoms with Crippen molar-refractivity contribution in [2.75, 3.05) is 5.43 Å². The summed E-state index contributed by atoms with van der Waals surface area (Å²) in [4.78, 5) is 13.0. The molecule has 118 valence electrons. The fourth-order valence-electron chi connectivity index (χ4n) is 2.89. The fourth-order valence-corrected chi connectivity index (χ4v) is 5.05. The topological polar surface area (TPSA) is 63.8 Å². The zero-order valence-electron chi connectivity index (χ0n) is 12.3. The third kappa shape index (κ3) is 2.92. The van der Waals surface area contributed by atoms with Gasteiger partial charge >= 0.3 is 0 Å². The molecule has 1 aliphatic carbocycles. The van der Waals surface area contributed by atoms with Crippen LogP contribution in [0.25, 0.3) is 10.2 Å². The van der Waals surface area contributed by atoms with Gasteiger partial charge in [-0.2, -0.15) is 0 Å². The van der Waals surface area contributed by atoms with Crippen molar-refractivity contribution in [2.24, 2.45) is 5.84 Å². The molecular formula is C16H15ClN4S2. The van der Waals surface area contributed by atoms with Gasteiger partial charge in [0.25, 0.3) is 0 Å². The van der Waals surface area contributed by atoms with E-state index in [0.717, 1.165) is 44.6 Å². The molecular weight excluding hydrogens is 348 g/mol. The van der Waals surface area contributed by atoms with Crippen molar-refractivity contribution in [3.63, 3.8) is 0 Å². The van der Waals surface area contributed by atoms with E-state index < -0.39 is 0 Å². The second kappa shape index (κ2) is 6.28. The molecule has 2 aromatic heterocycles. The van der Waals surface area contributed by atoms with Crippen molar-refractivity contribution in [2.45, 2.75) is 29.9 Å². The zero-order chi connectivity index (χ0) is 15.8. The molecule has 1 aromatic carbocycles. The van der Waals surface area contributed by atoms with Gasteiger partial charge < -0.3 is 5.43 Å². The highest BCUT2D eigenvalue weighted by Crippen LogP contribution is 2.39. The molecule has 0 amide bonds. The number of rotatable bonds is 4. The standard InChI is InChI=1S/C16H15ClN4S2/c17-9-4-6-10(7-5-9)22-8-13-19-15(21-18)14-11-2-1-3-12(11)23-16(14)20-13/h4-7H,1-3,8,18H2,(H,19,20,21). The largest absolute Gasteiger partial charge is 0.308 e. The Morgan fingerprint density at radius 2 is 2.04 bits per heavy atom. The molecule has 0 unspecified atom stereocenters. The van der Waals surface area contributed by atoms with Gasteiger partial charge in [-0.3, -0.25) is 0 Å². The molecule has 4 nitrogen and oxygen atoms in total. The summed E-state index contributed by atoms with van der Waals surface area (Å²) in [6, 6.07) is 7.80. The van der Waals surface area contributed by atoms with E-state index in [4.69, 9.17) is 22.4 Å². The van der Waals surface area contributed by atoms with Gasteiger partial charge in [-0.1, -0.05) is 11.6 Å². The van der Waals surface area contributed by atoms with E-state index >= 15 is 0 Å². The summed E-state index contributed by atoms with van der Waals surface area (Å²) in [5.41, 5.74) is 4.14. The molecule has 1 aliphatic rings. The maximum atomic E-state index is 5.92. The summed E-state index contributed by atoms with van der Waals surface area (Å²) in [5, 5.41) is 1.86. The van der Waals surface area contributed by atoms with E-state index in [9.17, 15) is 0 Å². The Morgan fingerprint density at radius 1 is 1.22 bits per heavy atom. The number of nitrogens with zero attached hydrogens (tertiary/aromatic N) is 2. The maximum Gasteiger partial charge on any atom is 0.152 e. The van der Waals surface area contributed by atoms with Gasteiger partial charge in [0.15, 0.2) is 5.82 Å². The molecule has 0 saturated carbocycles. The van der Waals surface area contributed by atoms with Gasteiger partial charge in [-0.15, -0.1) is 23.1 Å². The van der Waals surface area contributed by atoms with Crippen molar-refractivity contribution < 1.29 is 0 Å². The monoisotopic (exact) mass is 362 g/mol. The first-order valence-corrected chi connectivity index (χ1v) is 9.59. The molecule has 3 aromatic rings. The highest BCUT2D eigenvalue weighted by atomic mass is 35.5. The molecule has 23 heavy (non-hydrogen) atoms. The van der Waals surface area contributed by atoms with E-state index in [0.29, 0.717) is 5.75 Å². The molecule has 0 spiro atoms. The van der Waals surface area contributed by atoms with Crippen molar-refractivity contribution >= 4 is 50.7 Å². The summed E-state index contributed by atoms with van der Waals surface area (Å²) in [6.07, 6.45) is 3.47. The Balaban J connectivity index is 1.64. The smallest absolute Gasteiger partial charge is 0.152 e. The number of benzene rings is 1. The lowest BCUT2D eigenvalue weighted by molar-refractivity contribution is 0.916. The number of aryl methyl sites for hydroxylation is 2.